The predicted molar refractivity (Wildman–Crippen MR) is 70.7 cm³/mol. The predicted octanol–water partition coefficient (Wildman–Crippen LogP) is 0.263. The van der Waals surface area contributed by atoms with Crippen LogP contribution in [0, 0.1) is 5.92 Å². The highest BCUT2D eigenvalue weighted by atomic mass is 16.4. The van der Waals surface area contributed by atoms with Crippen molar-refractivity contribution in [2.75, 3.05) is 20.1 Å². The number of amides is 3. The van der Waals surface area contributed by atoms with Gasteiger partial charge in [0, 0.05) is 19.6 Å². The number of carboxylic acid groups (broad SMARTS) is 1. The standard InChI is InChI=1S/C12H23N3O4/c1-5-13-10(16)7-15(4)12(19)14-9(8(2)3)6-11(17)18/h8-9H,5-7H2,1-4H3,(H,13,16)(H,14,19)(H,17,18). The summed E-state index contributed by atoms with van der Waals surface area (Å²) in [6.07, 6.45) is -0.140. The largest absolute Gasteiger partial charge is 0.481 e. The molecule has 0 heterocycles. The second kappa shape index (κ2) is 8.34. The smallest absolute Gasteiger partial charge is 0.317 e. The van der Waals surface area contributed by atoms with E-state index < -0.39 is 18.0 Å². The zero-order chi connectivity index (χ0) is 15.0. The second-order valence-corrected chi connectivity index (χ2v) is 4.71. The molecule has 0 aliphatic rings. The molecule has 1 atom stereocenters. The third-order valence-corrected chi connectivity index (χ3v) is 2.61. The van der Waals surface area contributed by atoms with E-state index >= 15 is 0 Å². The normalized spacial score (nSPS) is 11.8. The van der Waals surface area contributed by atoms with Crippen molar-refractivity contribution in [1.29, 1.82) is 0 Å². The van der Waals surface area contributed by atoms with Gasteiger partial charge in [0.15, 0.2) is 0 Å². The van der Waals surface area contributed by atoms with E-state index in [0.29, 0.717) is 6.54 Å². The van der Waals surface area contributed by atoms with E-state index in [0.717, 1.165) is 0 Å². The van der Waals surface area contributed by atoms with Crippen LogP contribution < -0.4 is 10.6 Å². The lowest BCUT2D eigenvalue weighted by Gasteiger charge is -2.24. The van der Waals surface area contributed by atoms with E-state index in [1.807, 2.05) is 13.8 Å². The molecule has 3 amide bonds. The fourth-order valence-electron chi connectivity index (χ4n) is 1.45. The van der Waals surface area contributed by atoms with Crippen molar-refractivity contribution in [3.8, 4) is 0 Å². The van der Waals surface area contributed by atoms with Gasteiger partial charge >= 0.3 is 12.0 Å². The Bertz CT molecular complexity index is 331. The number of carbonyl (C=O) groups is 3. The van der Waals surface area contributed by atoms with Crippen LogP contribution in [0.15, 0.2) is 0 Å². The van der Waals surface area contributed by atoms with Gasteiger partial charge in [0.2, 0.25) is 5.91 Å². The molecule has 110 valence electrons. The molecular weight excluding hydrogens is 250 g/mol. The summed E-state index contributed by atoms with van der Waals surface area (Å²) >= 11 is 0. The van der Waals surface area contributed by atoms with Gasteiger partial charge in [-0.25, -0.2) is 4.79 Å². The quantitative estimate of drug-likeness (QED) is 0.619. The van der Waals surface area contributed by atoms with Gasteiger partial charge in [-0.3, -0.25) is 9.59 Å². The van der Waals surface area contributed by atoms with Gasteiger partial charge in [-0.15, -0.1) is 0 Å². The van der Waals surface area contributed by atoms with E-state index in [1.165, 1.54) is 11.9 Å². The second-order valence-electron chi connectivity index (χ2n) is 4.71. The number of rotatable bonds is 7. The Labute approximate surface area is 113 Å². The van der Waals surface area contributed by atoms with Crippen molar-refractivity contribution in [2.45, 2.75) is 33.2 Å². The van der Waals surface area contributed by atoms with Gasteiger partial charge in [-0.2, -0.15) is 0 Å². The Hall–Kier alpha value is -1.79. The number of likely N-dealkylation sites (N-methyl/N-ethyl adjacent to an activating group) is 2. The van der Waals surface area contributed by atoms with E-state index in [2.05, 4.69) is 10.6 Å². The molecule has 1 unspecified atom stereocenters. The molecule has 0 aromatic rings. The van der Waals surface area contributed by atoms with Gasteiger partial charge in [0.25, 0.3) is 0 Å². The van der Waals surface area contributed by atoms with Gasteiger partial charge in [0.1, 0.15) is 6.54 Å². The first-order valence-corrected chi connectivity index (χ1v) is 6.28. The van der Waals surface area contributed by atoms with E-state index in [1.54, 1.807) is 6.92 Å². The molecule has 0 aliphatic carbocycles. The molecule has 0 fully saturated rings. The van der Waals surface area contributed by atoms with Crippen LogP contribution in [0.25, 0.3) is 0 Å². The van der Waals surface area contributed by atoms with Crippen molar-refractivity contribution in [3.63, 3.8) is 0 Å². The molecular formula is C12H23N3O4. The lowest BCUT2D eigenvalue weighted by molar-refractivity contribution is -0.137. The van der Waals surface area contributed by atoms with Crippen LogP contribution in [0.5, 0.6) is 0 Å². The fraction of sp³-hybridized carbons (Fsp3) is 0.750. The van der Waals surface area contributed by atoms with Gasteiger partial charge in [-0.05, 0) is 12.8 Å². The highest BCUT2D eigenvalue weighted by Crippen LogP contribution is 2.06. The number of nitrogens with zero attached hydrogens (tertiary/aromatic N) is 1. The summed E-state index contributed by atoms with van der Waals surface area (Å²) < 4.78 is 0. The van der Waals surface area contributed by atoms with Crippen LogP contribution in [0.1, 0.15) is 27.2 Å². The maximum atomic E-state index is 11.8. The number of aliphatic carboxylic acids is 1. The molecule has 0 aromatic heterocycles. The van der Waals surface area contributed by atoms with Gasteiger partial charge < -0.3 is 20.6 Å². The first kappa shape index (κ1) is 17.2. The van der Waals surface area contributed by atoms with E-state index in [4.69, 9.17) is 5.11 Å². The number of carboxylic acids is 1. The minimum atomic E-state index is -0.967. The minimum Gasteiger partial charge on any atom is -0.481 e. The first-order valence-electron chi connectivity index (χ1n) is 6.28. The molecule has 3 N–H and O–H groups in total. The molecule has 19 heavy (non-hydrogen) atoms. The molecule has 0 saturated carbocycles. The Morgan fingerprint density at radius 3 is 2.26 bits per heavy atom. The number of hydrogen-bond acceptors (Lipinski definition) is 3. The van der Waals surface area contributed by atoms with E-state index in [9.17, 15) is 14.4 Å². The SMILES string of the molecule is CCNC(=O)CN(C)C(=O)NC(CC(=O)O)C(C)C. The summed E-state index contributed by atoms with van der Waals surface area (Å²) in [4.78, 5) is 35.1. The van der Waals surface area contributed by atoms with Gasteiger partial charge in [-0.1, -0.05) is 13.8 Å². The molecule has 0 rings (SSSR count). The Kier molecular flexibility index (Phi) is 7.55. The zero-order valence-corrected chi connectivity index (χ0v) is 11.9. The molecule has 0 radical (unpaired) electrons. The average molecular weight is 273 g/mol. The summed E-state index contributed by atoms with van der Waals surface area (Å²) in [5.74, 6) is -1.22. The molecule has 0 aromatic carbocycles. The molecule has 0 spiro atoms. The van der Waals surface area contributed by atoms with Crippen LogP contribution in [0.3, 0.4) is 0 Å². The van der Waals surface area contributed by atoms with Crippen molar-refractivity contribution in [2.24, 2.45) is 5.92 Å². The summed E-state index contributed by atoms with van der Waals surface area (Å²) in [7, 11) is 1.49. The summed E-state index contributed by atoms with van der Waals surface area (Å²) in [5, 5.41) is 14.0. The molecule has 0 aliphatic heterocycles. The van der Waals surface area contributed by atoms with Crippen LogP contribution in [-0.4, -0.2) is 54.1 Å². The van der Waals surface area contributed by atoms with Crippen LogP contribution in [-0.2, 0) is 9.59 Å². The van der Waals surface area contributed by atoms with E-state index in [-0.39, 0.29) is 24.8 Å². The number of nitrogens with one attached hydrogen (secondary N) is 2. The van der Waals surface area contributed by atoms with Crippen molar-refractivity contribution in [3.05, 3.63) is 0 Å². The zero-order valence-electron chi connectivity index (χ0n) is 11.9. The van der Waals surface area contributed by atoms with Gasteiger partial charge in [0.05, 0.1) is 6.42 Å². The Morgan fingerprint density at radius 2 is 1.84 bits per heavy atom. The summed E-state index contributed by atoms with van der Waals surface area (Å²) in [5.41, 5.74) is 0. The average Bonchev–Trinajstić information content (AvgIpc) is 2.27. The van der Waals surface area contributed by atoms with Crippen molar-refractivity contribution >= 4 is 17.9 Å². The highest BCUT2D eigenvalue weighted by molar-refractivity contribution is 5.84. The molecule has 7 heteroatoms. The van der Waals surface area contributed by atoms with Crippen LogP contribution in [0.2, 0.25) is 0 Å². The highest BCUT2D eigenvalue weighted by Gasteiger charge is 2.21. The summed E-state index contributed by atoms with van der Waals surface area (Å²) in [6.45, 7) is 5.90. The third kappa shape index (κ3) is 7.28. The topological polar surface area (TPSA) is 98.7 Å². The summed E-state index contributed by atoms with van der Waals surface area (Å²) in [6, 6.07) is -0.909. The third-order valence-electron chi connectivity index (χ3n) is 2.61. The van der Waals surface area contributed by atoms with Crippen molar-refractivity contribution in [1.82, 2.24) is 15.5 Å². The lowest BCUT2D eigenvalue weighted by atomic mass is 10.0. The molecule has 0 saturated heterocycles. The number of urea groups is 1. The van der Waals surface area contributed by atoms with Crippen LogP contribution >= 0.6 is 0 Å². The van der Waals surface area contributed by atoms with Crippen molar-refractivity contribution < 1.29 is 19.5 Å². The lowest BCUT2D eigenvalue weighted by Crippen LogP contribution is -2.48. The molecule has 0 bridgehead atoms. The Balaban J connectivity index is 4.38. The maximum Gasteiger partial charge on any atom is 0.317 e. The number of carbonyl (C=O) groups excluding carboxylic acids is 2. The Morgan fingerprint density at radius 1 is 1.26 bits per heavy atom. The minimum absolute atomic E-state index is 0.00193. The molecule has 7 nitrogen and oxygen atoms in total. The maximum absolute atomic E-state index is 11.8. The fourth-order valence-corrected chi connectivity index (χ4v) is 1.45. The monoisotopic (exact) mass is 273 g/mol. The first-order chi connectivity index (χ1) is 8.77. The van der Waals surface area contributed by atoms with Crippen LogP contribution in [0.4, 0.5) is 4.79 Å². The number of hydrogen-bond donors (Lipinski definition) is 3.